The third-order valence-electron chi connectivity index (χ3n) is 2.96. The van der Waals surface area contributed by atoms with Gasteiger partial charge >= 0.3 is 5.97 Å². The van der Waals surface area contributed by atoms with Crippen LogP contribution in [0.5, 0.6) is 0 Å². The largest absolute Gasteiger partial charge is 0.477 e. The van der Waals surface area contributed by atoms with E-state index in [1.807, 2.05) is 0 Å². The minimum atomic E-state index is -1.30. The highest BCUT2D eigenvalue weighted by molar-refractivity contribution is 8.13. The number of amides is 2. The van der Waals surface area contributed by atoms with Crippen molar-refractivity contribution in [2.75, 3.05) is 12.0 Å². The van der Waals surface area contributed by atoms with E-state index in [4.69, 9.17) is 0 Å². The first kappa shape index (κ1) is 14.9. The zero-order valence-corrected chi connectivity index (χ0v) is 12.3. The Balaban J connectivity index is 2.33. The van der Waals surface area contributed by atoms with Gasteiger partial charge in [0.2, 0.25) is 11.0 Å². The van der Waals surface area contributed by atoms with E-state index in [0.717, 1.165) is 16.7 Å². The molecule has 7 nitrogen and oxygen atoms in total. The predicted molar refractivity (Wildman–Crippen MR) is 73.9 cm³/mol. The Labute approximate surface area is 123 Å². The summed E-state index contributed by atoms with van der Waals surface area (Å²) in [7, 11) is 0. The van der Waals surface area contributed by atoms with E-state index in [2.05, 4.69) is 5.32 Å². The normalized spacial score (nSPS) is 24.9. The van der Waals surface area contributed by atoms with Crippen LogP contribution in [0.15, 0.2) is 11.3 Å². The standard InChI is InChI=1S/C11H12N2O5S2/c1-4(14)12-6-8(15)13-7(10(16)17)5(11(18)19-2)3-20-9(6)13/h6,9H,3H2,1-2H3,(H,12,14)(H,16,17)/t6?,9-/m1/s1. The molecular weight excluding hydrogens is 304 g/mol. The number of nitrogens with zero attached hydrogens (tertiary/aromatic N) is 1. The highest BCUT2D eigenvalue weighted by Gasteiger charge is 2.54. The monoisotopic (exact) mass is 316 g/mol. The Kier molecular flexibility index (Phi) is 4.09. The van der Waals surface area contributed by atoms with Crippen molar-refractivity contribution >= 4 is 46.4 Å². The molecule has 0 bridgehead atoms. The van der Waals surface area contributed by atoms with Gasteiger partial charge in [-0.05, 0) is 6.26 Å². The van der Waals surface area contributed by atoms with E-state index in [1.165, 1.54) is 18.7 Å². The number of aliphatic carboxylic acids is 1. The van der Waals surface area contributed by atoms with Crippen molar-refractivity contribution in [2.24, 2.45) is 0 Å². The van der Waals surface area contributed by atoms with Crippen molar-refractivity contribution in [1.29, 1.82) is 0 Å². The van der Waals surface area contributed by atoms with E-state index in [-0.39, 0.29) is 28.0 Å². The molecule has 108 valence electrons. The Bertz CT molecular complexity index is 545. The molecule has 1 unspecified atom stereocenters. The van der Waals surface area contributed by atoms with Gasteiger partial charge in [-0.2, -0.15) is 0 Å². The van der Waals surface area contributed by atoms with Crippen molar-refractivity contribution < 1.29 is 24.3 Å². The average Bonchev–Trinajstić information content (AvgIpc) is 2.41. The molecule has 0 spiro atoms. The fraction of sp³-hybridized carbons (Fsp3) is 0.455. The maximum atomic E-state index is 12.0. The second-order valence-electron chi connectivity index (χ2n) is 4.21. The fourth-order valence-electron chi connectivity index (χ4n) is 2.12. The number of β-lactam (4-membered cyclic amide) rings is 1. The van der Waals surface area contributed by atoms with Crippen LogP contribution < -0.4 is 5.32 Å². The van der Waals surface area contributed by atoms with Crippen molar-refractivity contribution in [3.63, 3.8) is 0 Å². The molecule has 2 rings (SSSR count). The molecule has 9 heteroatoms. The van der Waals surface area contributed by atoms with Gasteiger partial charge in [0, 0.05) is 18.2 Å². The minimum Gasteiger partial charge on any atom is -0.477 e. The Morgan fingerprint density at radius 1 is 1.45 bits per heavy atom. The first-order valence-corrected chi connectivity index (χ1v) is 7.92. The van der Waals surface area contributed by atoms with Crippen LogP contribution in [-0.2, 0) is 19.2 Å². The molecule has 2 aliphatic heterocycles. The Morgan fingerprint density at radius 3 is 2.60 bits per heavy atom. The molecule has 2 heterocycles. The van der Waals surface area contributed by atoms with Crippen LogP contribution in [0.3, 0.4) is 0 Å². The van der Waals surface area contributed by atoms with Crippen molar-refractivity contribution in [3.05, 3.63) is 11.3 Å². The van der Waals surface area contributed by atoms with Crippen LogP contribution in [0.1, 0.15) is 6.92 Å². The lowest BCUT2D eigenvalue weighted by molar-refractivity contribution is -0.150. The lowest BCUT2D eigenvalue weighted by Gasteiger charge is -2.49. The van der Waals surface area contributed by atoms with Gasteiger partial charge in [-0.25, -0.2) is 4.79 Å². The molecule has 1 fully saturated rings. The molecule has 0 radical (unpaired) electrons. The quantitative estimate of drug-likeness (QED) is 0.685. The molecule has 2 aliphatic rings. The lowest BCUT2D eigenvalue weighted by atomic mass is 10.0. The smallest absolute Gasteiger partial charge is 0.353 e. The lowest BCUT2D eigenvalue weighted by Crippen LogP contribution is -2.70. The Hall–Kier alpha value is -1.48. The van der Waals surface area contributed by atoms with Crippen LogP contribution in [0.2, 0.25) is 0 Å². The van der Waals surface area contributed by atoms with Gasteiger partial charge in [0.15, 0.2) is 0 Å². The zero-order chi connectivity index (χ0) is 15.0. The summed E-state index contributed by atoms with van der Waals surface area (Å²) in [4.78, 5) is 47.2. The molecule has 0 aromatic heterocycles. The molecule has 0 aliphatic carbocycles. The molecule has 2 amide bonds. The number of hydrogen-bond donors (Lipinski definition) is 2. The van der Waals surface area contributed by atoms with Gasteiger partial charge in [-0.1, -0.05) is 11.8 Å². The molecule has 0 saturated carbocycles. The molecule has 1 saturated heterocycles. The molecule has 20 heavy (non-hydrogen) atoms. The summed E-state index contributed by atoms with van der Waals surface area (Å²) in [5, 5.41) is 10.9. The average molecular weight is 316 g/mol. The number of hydrogen-bond acceptors (Lipinski definition) is 6. The maximum absolute atomic E-state index is 12.0. The number of carbonyl (C=O) groups excluding carboxylic acids is 3. The summed E-state index contributed by atoms with van der Waals surface area (Å²) in [6.07, 6.45) is 1.56. The van der Waals surface area contributed by atoms with E-state index < -0.39 is 23.3 Å². The van der Waals surface area contributed by atoms with Crippen LogP contribution in [-0.4, -0.2) is 56.3 Å². The maximum Gasteiger partial charge on any atom is 0.353 e. The van der Waals surface area contributed by atoms with Crippen molar-refractivity contribution in [1.82, 2.24) is 10.2 Å². The number of fused-ring (bicyclic) bond motifs is 1. The van der Waals surface area contributed by atoms with Crippen LogP contribution >= 0.6 is 23.5 Å². The van der Waals surface area contributed by atoms with Crippen LogP contribution in [0, 0.1) is 0 Å². The van der Waals surface area contributed by atoms with E-state index in [1.54, 1.807) is 6.26 Å². The third kappa shape index (κ3) is 2.31. The predicted octanol–water partition coefficient (Wildman–Crippen LogP) is -0.365. The van der Waals surface area contributed by atoms with E-state index in [0.29, 0.717) is 0 Å². The topological polar surface area (TPSA) is 104 Å². The van der Waals surface area contributed by atoms with Crippen LogP contribution in [0.4, 0.5) is 0 Å². The number of carboxylic acid groups (broad SMARTS) is 1. The Morgan fingerprint density at radius 2 is 2.10 bits per heavy atom. The first-order valence-electron chi connectivity index (χ1n) is 5.65. The van der Waals surface area contributed by atoms with Gasteiger partial charge < -0.3 is 10.4 Å². The van der Waals surface area contributed by atoms with E-state index in [9.17, 15) is 24.3 Å². The molecule has 0 aromatic carbocycles. The SMILES string of the molecule is CSC(=O)C1=C(C(=O)O)N2C(=O)C(NC(C)=O)[C@H]2SC1. The summed E-state index contributed by atoms with van der Waals surface area (Å²) in [5.74, 6) is -1.94. The third-order valence-corrected chi connectivity index (χ3v) is 4.86. The number of carbonyl (C=O) groups is 4. The van der Waals surface area contributed by atoms with E-state index >= 15 is 0 Å². The summed E-state index contributed by atoms with van der Waals surface area (Å²) in [6.45, 7) is 1.29. The highest BCUT2D eigenvalue weighted by Crippen LogP contribution is 2.41. The second-order valence-corrected chi connectivity index (χ2v) is 6.10. The molecule has 2 N–H and O–H groups in total. The second kappa shape index (κ2) is 5.49. The zero-order valence-electron chi connectivity index (χ0n) is 10.7. The van der Waals surface area contributed by atoms with Gasteiger partial charge in [-0.15, -0.1) is 11.8 Å². The number of rotatable bonds is 3. The van der Waals surface area contributed by atoms with Gasteiger partial charge in [0.25, 0.3) is 5.91 Å². The van der Waals surface area contributed by atoms with Crippen molar-refractivity contribution in [2.45, 2.75) is 18.3 Å². The van der Waals surface area contributed by atoms with Crippen molar-refractivity contribution in [3.8, 4) is 0 Å². The summed E-state index contributed by atoms with van der Waals surface area (Å²) < 4.78 is 0. The van der Waals surface area contributed by atoms with Gasteiger partial charge in [0.1, 0.15) is 17.1 Å². The number of thioether (sulfide) groups is 2. The van der Waals surface area contributed by atoms with Gasteiger partial charge in [0.05, 0.1) is 0 Å². The van der Waals surface area contributed by atoms with Crippen LogP contribution in [0.25, 0.3) is 0 Å². The minimum absolute atomic E-state index is 0.126. The molecule has 0 aromatic rings. The summed E-state index contributed by atoms with van der Waals surface area (Å²) in [6, 6.07) is -0.724. The summed E-state index contributed by atoms with van der Waals surface area (Å²) >= 11 is 2.19. The first-order chi connectivity index (χ1) is 9.38. The molecular formula is C11H12N2O5S2. The number of carboxylic acids is 1. The van der Waals surface area contributed by atoms with Gasteiger partial charge in [-0.3, -0.25) is 19.3 Å². The molecule has 2 atom stereocenters. The summed E-state index contributed by atoms with van der Waals surface area (Å²) in [5.41, 5.74) is -0.138. The number of nitrogens with one attached hydrogen (secondary N) is 1. The fourth-order valence-corrected chi connectivity index (χ4v) is 3.96. The highest BCUT2D eigenvalue weighted by atomic mass is 32.2.